The molecule has 4 aromatic rings. The fourth-order valence-electron chi connectivity index (χ4n) is 5.02. The Morgan fingerprint density at radius 2 is 1.00 bits per heavy atom. The van der Waals surface area contributed by atoms with Gasteiger partial charge in [0.1, 0.15) is 0 Å². The van der Waals surface area contributed by atoms with E-state index in [0.717, 1.165) is 0 Å². The highest BCUT2D eigenvalue weighted by atomic mass is 14.9. The van der Waals surface area contributed by atoms with Gasteiger partial charge in [-0.3, -0.25) is 0 Å². The van der Waals surface area contributed by atoms with Crippen molar-refractivity contribution in [3.05, 3.63) is 132 Å². The molecule has 0 bridgehead atoms. The van der Waals surface area contributed by atoms with Gasteiger partial charge < -0.3 is 5.32 Å². The molecule has 1 N–H and O–H groups in total. The van der Waals surface area contributed by atoms with Gasteiger partial charge in [-0.25, -0.2) is 0 Å². The van der Waals surface area contributed by atoms with Crippen LogP contribution in [0, 0.1) is 0 Å². The van der Waals surface area contributed by atoms with Crippen LogP contribution in [0.3, 0.4) is 0 Å². The van der Waals surface area contributed by atoms with Crippen LogP contribution in [-0.2, 0) is 10.8 Å². The maximum absolute atomic E-state index is 3.46. The van der Waals surface area contributed by atoms with Crippen molar-refractivity contribution in [2.45, 2.75) is 58.4 Å². The van der Waals surface area contributed by atoms with E-state index in [1.165, 1.54) is 50.1 Å². The fraction of sp³-hybridized carbons (Fsp3) is 0.243. The summed E-state index contributed by atoms with van der Waals surface area (Å²) in [5, 5.41) is 3.46. The van der Waals surface area contributed by atoms with Gasteiger partial charge in [0.05, 0.1) is 6.04 Å². The van der Waals surface area contributed by atoms with Crippen LogP contribution in [0.1, 0.15) is 64.3 Å². The van der Waals surface area contributed by atoms with E-state index in [2.05, 4.69) is 150 Å². The van der Waals surface area contributed by atoms with E-state index < -0.39 is 0 Å². The first-order valence-electron chi connectivity index (χ1n) is 13.6. The summed E-state index contributed by atoms with van der Waals surface area (Å²) in [6, 6.07) is 34.3. The van der Waals surface area contributed by atoms with Crippen molar-refractivity contribution in [2.75, 3.05) is 0 Å². The molecule has 1 heterocycles. The fourth-order valence-corrected chi connectivity index (χ4v) is 5.02. The highest BCUT2D eigenvalue weighted by molar-refractivity contribution is 5.81. The number of benzene rings is 4. The zero-order valence-corrected chi connectivity index (χ0v) is 23.5. The third kappa shape index (κ3) is 5.68. The first kappa shape index (κ1) is 25.8. The summed E-state index contributed by atoms with van der Waals surface area (Å²) >= 11 is 0. The van der Waals surface area contributed by atoms with Gasteiger partial charge in [-0.15, -0.1) is 0 Å². The molecule has 1 atom stereocenters. The normalized spacial score (nSPS) is 15.4. The summed E-state index contributed by atoms with van der Waals surface area (Å²) in [5.74, 6) is 0. The topological polar surface area (TPSA) is 12.0 Å². The van der Waals surface area contributed by atoms with Crippen LogP contribution in [0.4, 0.5) is 0 Å². The van der Waals surface area contributed by atoms with E-state index >= 15 is 0 Å². The van der Waals surface area contributed by atoms with Crippen LogP contribution >= 0.6 is 0 Å². The van der Waals surface area contributed by atoms with Crippen LogP contribution < -0.4 is 5.32 Å². The number of rotatable bonds is 4. The van der Waals surface area contributed by atoms with Gasteiger partial charge in [0, 0.05) is 0 Å². The second-order valence-electron chi connectivity index (χ2n) is 12.5. The summed E-state index contributed by atoms with van der Waals surface area (Å²) in [6.45, 7) is 13.6. The lowest BCUT2D eigenvalue weighted by atomic mass is 9.85. The monoisotopic (exact) mass is 497 g/mol. The molecular formula is C37H39N. The van der Waals surface area contributed by atoms with Crippen molar-refractivity contribution < 1.29 is 0 Å². The molecule has 4 aromatic carbocycles. The average Bonchev–Trinajstić information content (AvgIpc) is 2.92. The second-order valence-corrected chi connectivity index (χ2v) is 12.5. The largest absolute Gasteiger partial charge is 0.381 e. The predicted octanol–water partition coefficient (Wildman–Crippen LogP) is 10.00. The molecule has 192 valence electrons. The zero-order valence-electron chi connectivity index (χ0n) is 23.5. The van der Waals surface area contributed by atoms with Crippen molar-refractivity contribution in [1.82, 2.24) is 5.32 Å². The molecule has 1 aliphatic heterocycles. The summed E-state index contributed by atoms with van der Waals surface area (Å²) in [5.41, 5.74) is 11.7. The van der Waals surface area contributed by atoms with Gasteiger partial charge in [-0.1, -0.05) is 120 Å². The molecule has 0 fully saturated rings. The Hall–Kier alpha value is -3.84. The first-order chi connectivity index (χ1) is 18.1. The van der Waals surface area contributed by atoms with Crippen LogP contribution in [-0.4, -0.2) is 0 Å². The molecule has 1 nitrogen and oxygen atoms in total. The van der Waals surface area contributed by atoms with Gasteiger partial charge in [0.2, 0.25) is 0 Å². The van der Waals surface area contributed by atoms with Crippen molar-refractivity contribution in [2.24, 2.45) is 0 Å². The van der Waals surface area contributed by atoms with Crippen LogP contribution in [0.15, 0.2) is 115 Å². The SMILES string of the molecule is CC(C)(C)c1ccc(-c2cc(-c3ccc(C(C)(C)C)cc3)cc(-c3cccc(C4C=CC=CN4)c3)c2)cc1. The summed E-state index contributed by atoms with van der Waals surface area (Å²) < 4.78 is 0. The van der Waals surface area contributed by atoms with Gasteiger partial charge in [0.15, 0.2) is 0 Å². The van der Waals surface area contributed by atoms with E-state index in [4.69, 9.17) is 0 Å². The highest BCUT2D eigenvalue weighted by Gasteiger charge is 2.16. The summed E-state index contributed by atoms with van der Waals surface area (Å²) in [7, 11) is 0. The van der Waals surface area contributed by atoms with Crippen molar-refractivity contribution in [3.63, 3.8) is 0 Å². The van der Waals surface area contributed by atoms with E-state index in [1.54, 1.807) is 0 Å². The van der Waals surface area contributed by atoms with Crippen molar-refractivity contribution >= 4 is 0 Å². The quantitative estimate of drug-likeness (QED) is 0.296. The maximum Gasteiger partial charge on any atom is 0.0695 e. The number of allylic oxidation sites excluding steroid dienone is 2. The standard InChI is InChI=1S/C37H39N/c1-36(2,3)33-17-13-26(14-18-33)30-23-31(27-15-19-34(20-16-27)37(4,5)6)25-32(24-30)28-10-9-11-29(22-28)35-12-7-8-21-38-35/h7-25,35,38H,1-6H3. The molecular weight excluding hydrogens is 458 g/mol. The third-order valence-corrected chi connectivity index (χ3v) is 7.47. The third-order valence-electron chi connectivity index (χ3n) is 7.47. The minimum absolute atomic E-state index is 0.136. The Morgan fingerprint density at radius 1 is 0.500 bits per heavy atom. The molecule has 0 spiro atoms. The molecule has 0 aliphatic carbocycles. The average molecular weight is 498 g/mol. The molecule has 1 heteroatoms. The molecule has 1 unspecified atom stereocenters. The lowest BCUT2D eigenvalue weighted by Crippen LogP contribution is -2.14. The van der Waals surface area contributed by atoms with Crippen molar-refractivity contribution in [1.29, 1.82) is 0 Å². The van der Waals surface area contributed by atoms with Gasteiger partial charge in [0.25, 0.3) is 0 Å². The van der Waals surface area contributed by atoms with E-state index in [0.29, 0.717) is 0 Å². The molecule has 0 amide bonds. The Bertz CT molecular complexity index is 1390. The molecule has 0 aromatic heterocycles. The van der Waals surface area contributed by atoms with Crippen LogP contribution in [0.25, 0.3) is 33.4 Å². The number of hydrogen-bond donors (Lipinski definition) is 1. The predicted molar refractivity (Wildman–Crippen MR) is 164 cm³/mol. The van der Waals surface area contributed by atoms with E-state index in [9.17, 15) is 0 Å². The maximum atomic E-state index is 3.46. The Kier molecular flexibility index (Phi) is 6.88. The lowest BCUT2D eigenvalue weighted by molar-refractivity contribution is 0.590. The Morgan fingerprint density at radius 3 is 1.45 bits per heavy atom. The molecule has 5 rings (SSSR count). The Balaban J connectivity index is 1.61. The smallest absolute Gasteiger partial charge is 0.0695 e. The molecule has 0 saturated heterocycles. The number of nitrogens with one attached hydrogen (secondary N) is 1. The highest BCUT2D eigenvalue weighted by Crippen LogP contribution is 2.35. The van der Waals surface area contributed by atoms with Crippen LogP contribution in [0.2, 0.25) is 0 Å². The molecule has 0 radical (unpaired) electrons. The Labute approximate surface area is 229 Å². The zero-order chi connectivity index (χ0) is 26.9. The molecule has 1 aliphatic rings. The lowest BCUT2D eigenvalue weighted by Gasteiger charge is -2.20. The van der Waals surface area contributed by atoms with E-state index in [1.807, 2.05) is 12.3 Å². The van der Waals surface area contributed by atoms with Crippen molar-refractivity contribution in [3.8, 4) is 33.4 Å². The summed E-state index contributed by atoms with van der Waals surface area (Å²) in [6.07, 6.45) is 8.36. The first-order valence-corrected chi connectivity index (χ1v) is 13.6. The molecule has 38 heavy (non-hydrogen) atoms. The minimum Gasteiger partial charge on any atom is -0.381 e. The van der Waals surface area contributed by atoms with E-state index in [-0.39, 0.29) is 16.9 Å². The molecule has 0 saturated carbocycles. The number of hydrogen-bond acceptors (Lipinski definition) is 1. The van der Waals surface area contributed by atoms with Gasteiger partial charge >= 0.3 is 0 Å². The number of dihydropyridines is 1. The van der Waals surface area contributed by atoms with Gasteiger partial charge in [-0.2, -0.15) is 0 Å². The second kappa shape index (κ2) is 10.1. The van der Waals surface area contributed by atoms with Crippen LogP contribution in [0.5, 0.6) is 0 Å². The summed E-state index contributed by atoms with van der Waals surface area (Å²) in [4.78, 5) is 0. The minimum atomic E-state index is 0.136. The van der Waals surface area contributed by atoms with Gasteiger partial charge in [-0.05, 0) is 97.4 Å².